The number of aryl methyl sites for hydroxylation is 3. The summed E-state index contributed by atoms with van der Waals surface area (Å²) >= 11 is 0. The molecule has 0 radical (unpaired) electrons. The monoisotopic (exact) mass is 243 g/mol. The van der Waals surface area contributed by atoms with Gasteiger partial charge in [-0.25, -0.2) is 0 Å². The minimum Gasteiger partial charge on any atom is -0.305 e. The molecule has 2 aromatic rings. The molecular formula is C14H17N3O. The molecule has 0 aliphatic heterocycles. The molecule has 4 heteroatoms. The first kappa shape index (κ1) is 12.4. The average molecular weight is 243 g/mol. The van der Waals surface area contributed by atoms with Crippen molar-refractivity contribution < 1.29 is 4.79 Å². The Morgan fingerprint density at radius 1 is 1.33 bits per heavy atom. The number of hydrogen-bond donors (Lipinski definition) is 2. The fraction of sp³-hybridized carbons (Fsp3) is 0.286. The molecule has 0 aliphatic rings. The zero-order chi connectivity index (χ0) is 13.1. The van der Waals surface area contributed by atoms with E-state index < -0.39 is 0 Å². The maximum absolute atomic E-state index is 12.2. The average Bonchev–Trinajstić information content (AvgIpc) is 2.76. The lowest BCUT2D eigenvalue weighted by atomic mass is 10.0. The van der Waals surface area contributed by atoms with Crippen molar-refractivity contribution in [3.8, 4) is 0 Å². The van der Waals surface area contributed by atoms with E-state index in [9.17, 15) is 4.79 Å². The Morgan fingerprint density at radius 2 is 2.00 bits per heavy atom. The summed E-state index contributed by atoms with van der Waals surface area (Å²) in [6, 6.07) is 7.67. The van der Waals surface area contributed by atoms with Gasteiger partial charge >= 0.3 is 0 Å². The van der Waals surface area contributed by atoms with Crippen molar-refractivity contribution in [1.29, 1.82) is 0 Å². The summed E-state index contributed by atoms with van der Waals surface area (Å²) in [5.41, 5.74) is 3.67. The second-order valence-corrected chi connectivity index (χ2v) is 4.35. The second kappa shape index (κ2) is 5.04. The van der Waals surface area contributed by atoms with Crippen LogP contribution in [0.2, 0.25) is 0 Å². The van der Waals surface area contributed by atoms with Gasteiger partial charge in [0, 0.05) is 17.3 Å². The van der Waals surface area contributed by atoms with Crippen molar-refractivity contribution in [3.63, 3.8) is 0 Å². The smallest absolute Gasteiger partial charge is 0.257 e. The van der Waals surface area contributed by atoms with Gasteiger partial charge in [-0.1, -0.05) is 25.1 Å². The highest BCUT2D eigenvalue weighted by molar-refractivity contribution is 6.05. The van der Waals surface area contributed by atoms with Crippen LogP contribution in [0.1, 0.15) is 34.1 Å². The normalized spacial score (nSPS) is 10.4. The van der Waals surface area contributed by atoms with Crippen molar-refractivity contribution in [2.24, 2.45) is 0 Å². The molecule has 18 heavy (non-hydrogen) atoms. The molecule has 0 aliphatic carbocycles. The predicted octanol–water partition coefficient (Wildman–Crippen LogP) is 2.84. The lowest BCUT2D eigenvalue weighted by Crippen LogP contribution is -2.15. The fourth-order valence-electron chi connectivity index (χ4n) is 1.96. The van der Waals surface area contributed by atoms with Crippen molar-refractivity contribution in [3.05, 3.63) is 46.6 Å². The third kappa shape index (κ3) is 2.42. The van der Waals surface area contributed by atoms with Gasteiger partial charge in [-0.3, -0.25) is 9.89 Å². The van der Waals surface area contributed by atoms with Crippen molar-refractivity contribution in [2.75, 3.05) is 5.32 Å². The molecule has 1 amide bonds. The molecular weight excluding hydrogens is 226 g/mol. The number of benzene rings is 1. The number of nitrogens with zero attached hydrogens (tertiary/aromatic N) is 1. The quantitative estimate of drug-likeness (QED) is 0.870. The molecule has 0 saturated heterocycles. The zero-order valence-electron chi connectivity index (χ0n) is 10.9. The van der Waals surface area contributed by atoms with Crippen LogP contribution in [0.25, 0.3) is 0 Å². The van der Waals surface area contributed by atoms with Gasteiger partial charge < -0.3 is 5.32 Å². The predicted molar refractivity (Wildman–Crippen MR) is 71.8 cm³/mol. The maximum atomic E-state index is 12.2. The molecule has 1 heterocycles. The van der Waals surface area contributed by atoms with E-state index in [2.05, 4.69) is 15.5 Å². The van der Waals surface area contributed by atoms with Gasteiger partial charge in [-0.2, -0.15) is 5.10 Å². The second-order valence-electron chi connectivity index (χ2n) is 4.35. The van der Waals surface area contributed by atoms with Crippen LogP contribution in [0, 0.1) is 13.8 Å². The van der Waals surface area contributed by atoms with Crippen molar-refractivity contribution in [2.45, 2.75) is 27.2 Å². The molecule has 4 nitrogen and oxygen atoms in total. The fourth-order valence-corrected chi connectivity index (χ4v) is 1.96. The summed E-state index contributed by atoms with van der Waals surface area (Å²) in [5, 5.41) is 9.74. The Bertz CT molecular complexity index is 552. The van der Waals surface area contributed by atoms with Crippen LogP contribution in [-0.4, -0.2) is 16.1 Å². The molecule has 1 aromatic heterocycles. The molecule has 0 fully saturated rings. The van der Waals surface area contributed by atoms with E-state index >= 15 is 0 Å². The van der Waals surface area contributed by atoms with Crippen LogP contribution in [0.5, 0.6) is 0 Å². The van der Waals surface area contributed by atoms with Gasteiger partial charge in [0.05, 0.1) is 0 Å². The van der Waals surface area contributed by atoms with E-state index in [1.54, 1.807) is 0 Å². The lowest BCUT2D eigenvalue weighted by molar-refractivity contribution is 0.102. The standard InChI is InChI=1S/C14H17N3O/c1-4-11-8-12(17-16-11)15-14(18)13-9(2)6-5-7-10(13)3/h5-8H,4H2,1-3H3,(H2,15,16,17,18). The first-order valence-electron chi connectivity index (χ1n) is 6.03. The van der Waals surface area contributed by atoms with E-state index in [-0.39, 0.29) is 5.91 Å². The number of carbonyl (C=O) groups excluding carboxylic acids is 1. The Morgan fingerprint density at radius 3 is 2.56 bits per heavy atom. The van der Waals surface area contributed by atoms with Crippen LogP contribution in [0.15, 0.2) is 24.3 Å². The molecule has 2 rings (SSSR count). The van der Waals surface area contributed by atoms with E-state index in [0.717, 1.165) is 28.8 Å². The number of hydrogen-bond acceptors (Lipinski definition) is 2. The summed E-state index contributed by atoms with van der Waals surface area (Å²) in [4.78, 5) is 12.2. The number of aromatic amines is 1. The highest BCUT2D eigenvalue weighted by Gasteiger charge is 2.13. The molecule has 0 bridgehead atoms. The summed E-state index contributed by atoms with van der Waals surface area (Å²) in [6.07, 6.45) is 0.867. The zero-order valence-corrected chi connectivity index (χ0v) is 10.9. The van der Waals surface area contributed by atoms with E-state index in [0.29, 0.717) is 5.82 Å². The SMILES string of the molecule is CCc1cc(NC(=O)c2c(C)cccc2C)n[nH]1. The number of rotatable bonds is 3. The van der Waals surface area contributed by atoms with Crippen molar-refractivity contribution >= 4 is 11.7 Å². The van der Waals surface area contributed by atoms with Crippen LogP contribution in [-0.2, 0) is 6.42 Å². The molecule has 0 atom stereocenters. The van der Waals surface area contributed by atoms with Gasteiger partial charge in [0.1, 0.15) is 0 Å². The summed E-state index contributed by atoms with van der Waals surface area (Å²) in [6.45, 7) is 5.90. The van der Waals surface area contributed by atoms with Crippen LogP contribution >= 0.6 is 0 Å². The third-order valence-electron chi connectivity index (χ3n) is 2.96. The number of aromatic nitrogens is 2. The van der Waals surface area contributed by atoms with E-state index in [4.69, 9.17) is 0 Å². The number of carbonyl (C=O) groups is 1. The molecule has 1 aromatic carbocycles. The minimum atomic E-state index is -0.111. The Balaban J connectivity index is 2.22. The Kier molecular flexibility index (Phi) is 3.46. The van der Waals surface area contributed by atoms with Gasteiger partial charge in [0.15, 0.2) is 5.82 Å². The molecule has 2 N–H and O–H groups in total. The third-order valence-corrected chi connectivity index (χ3v) is 2.96. The Hall–Kier alpha value is -2.10. The number of nitrogens with one attached hydrogen (secondary N) is 2. The van der Waals surface area contributed by atoms with Gasteiger partial charge in [-0.15, -0.1) is 0 Å². The molecule has 0 unspecified atom stereocenters. The van der Waals surface area contributed by atoms with E-state index in [1.807, 2.05) is 45.0 Å². The highest BCUT2D eigenvalue weighted by Crippen LogP contribution is 2.15. The van der Waals surface area contributed by atoms with Gasteiger partial charge in [0.25, 0.3) is 5.91 Å². The van der Waals surface area contributed by atoms with Crippen LogP contribution in [0.4, 0.5) is 5.82 Å². The topological polar surface area (TPSA) is 57.8 Å². The van der Waals surface area contributed by atoms with Gasteiger partial charge in [-0.05, 0) is 31.4 Å². The first-order chi connectivity index (χ1) is 8.61. The lowest BCUT2D eigenvalue weighted by Gasteiger charge is -2.08. The molecule has 0 saturated carbocycles. The molecule has 0 spiro atoms. The summed E-state index contributed by atoms with van der Waals surface area (Å²) < 4.78 is 0. The summed E-state index contributed by atoms with van der Waals surface area (Å²) in [7, 11) is 0. The summed E-state index contributed by atoms with van der Waals surface area (Å²) in [5.74, 6) is 0.458. The maximum Gasteiger partial charge on any atom is 0.257 e. The van der Waals surface area contributed by atoms with Gasteiger partial charge in [0.2, 0.25) is 0 Å². The van der Waals surface area contributed by atoms with Crippen LogP contribution in [0.3, 0.4) is 0 Å². The molecule has 94 valence electrons. The number of anilines is 1. The number of H-pyrrole nitrogens is 1. The Labute approximate surface area is 106 Å². The highest BCUT2D eigenvalue weighted by atomic mass is 16.1. The largest absolute Gasteiger partial charge is 0.305 e. The first-order valence-corrected chi connectivity index (χ1v) is 6.03. The van der Waals surface area contributed by atoms with Crippen LogP contribution < -0.4 is 5.32 Å². The van der Waals surface area contributed by atoms with E-state index in [1.165, 1.54) is 0 Å². The number of amides is 1. The minimum absolute atomic E-state index is 0.111. The van der Waals surface area contributed by atoms with Crippen molar-refractivity contribution in [1.82, 2.24) is 10.2 Å².